The van der Waals surface area contributed by atoms with Crippen LogP contribution in [0.5, 0.6) is 0 Å². The zero-order valence-electron chi connectivity index (χ0n) is 5.20. The van der Waals surface area contributed by atoms with Gasteiger partial charge in [-0.1, -0.05) is 0 Å². The van der Waals surface area contributed by atoms with Crippen LogP contribution in [0.4, 0.5) is 0 Å². The lowest BCUT2D eigenvalue weighted by atomic mass is 10.2. The highest BCUT2D eigenvalue weighted by Gasteiger charge is 1.97. The SMILES string of the molecule is OC=CCC(O)CCO. The van der Waals surface area contributed by atoms with Gasteiger partial charge in [0.05, 0.1) is 12.4 Å². The lowest BCUT2D eigenvalue weighted by Crippen LogP contribution is -2.06. The second-order valence-corrected chi connectivity index (χ2v) is 1.79. The van der Waals surface area contributed by atoms with Gasteiger partial charge in [0.15, 0.2) is 0 Å². The van der Waals surface area contributed by atoms with Gasteiger partial charge < -0.3 is 15.3 Å². The third kappa shape index (κ3) is 5.33. The maximum Gasteiger partial charge on any atom is 0.0752 e. The Balaban J connectivity index is 3.15. The first-order chi connectivity index (χ1) is 4.31. The largest absolute Gasteiger partial charge is 0.516 e. The summed E-state index contributed by atoms with van der Waals surface area (Å²) in [7, 11) is 0. The number of aliphatic hydroxyl groups excluding tert-OH is 3. The normalized spacial score (nSPS) is 14.4. The highest BCUT2D eigenvalue weighted by Crippen LogP contribution is 1.96. The molecule has 0 heterocycles. The first-order valence-electron chi connectivity index (χ1n) is 2.89. The van der Waals surface area contributed by atoms with E-state index in [1.54, 1.807) is 0 Å². The molecule has 1 atom stereocenters. The van der Waals surface area contributed by atoms with Gasteiger partial charge in [-0.15, -0.1) is 0 Å². The molecule has 0 aliphatic heterocycles. The van der Waals surface area contributed by atoms with Crippen LogP contribution in [0.25, 0.3) is 0 Å². The lowest BCUT2D eigenvalue weighted by Gasteiger charge is -2.02. The summed E-state index contributed by atoms with van der Waals surface area (Å²) < 4.78 is 0. The van der Waals surface area contributed by atoms with Crippen molar-refractivity contribution >= 4 is 0 Å². The molecule has 0 bridgehead atoms. The molecule has 0 aliphatic carbocycles. The van der Waals surface area contributed by atoms with Crippen LogP contribution in [0.2, 0.25) is 0 Å². The summed E-state index contributed by atoms with van der Waals surface area (Å²) in [5, 5.41) is 25.3. The van der Waals surface area contributed by atoms with Crippen LogP contribution in [-0.4, -0.2) is 28.0 Å². The molecule has 3 N–H and O–H groups in total. The molecule has 0 aliphatic rings. The van der Waals surface area contributed by atoms with E-state index in [0.29, 0.717) is 12.8 Å². The Morgan fingerprint density at radius 1 is 1.44 bits per heavy atom. The molecule has 3 heteroatoms. The van der Waals surface area contributed by atoms with Crippen molar-refractivity contribution in [2.45, 2.75) is 18.9 Å². The van der Waals surface area contributed by atoms with E-state index in [1.807, 2.05) is 0 Å². The summed E-state index contributed by atoms with van der Waals surface area (Å²) in [4.78, 5) is 0. The third-order valence-corrected chi connectivity index (χ3v) is 0.976. The lowest BCUT2D eigenvalue weighted by molar-refractivity contribution is 0.135. The topological polar surface area (TPSA) is 60.7 Å². The molecule has 3 nitrogen and oxygen atoms in total. The monoisotopic (exact) mass is 132 g/mol. The number of hydrogen-bond acceptors (Lipinski definition) is 3. The van der Waals surface area contributed by atoms with Gasteiger partial charge in [-0.25, -0.2) is 0 Å². The predicted molar refractivity (Wildman–Crippen MR) is 34.1 cm³/mol. The van der Waals surface area contributed by atoms with Crippen LogP contribution in [0.1, 0.15) is 12.8 Å². The molecule has 0 aromatic carbocycles. The van der Waals surface area contributed by atoms with Crippen molar-refractivity contribution < 1.29 is 15.3 Å². The fourth-order valence-electron chi connectivity index (χ4n) is 0.485. The van der Waals surface area contributed by atoms with Crippen molar-refractivity contribution in [2.75, 3.05) is 6.61 Å². The third-order valence-electron chi connectivity index (χ3n) is 0.976. The second-order valence-electron chi connectivity index (χ2n) is 1.79. The molecular weight excluding hydrogens is 120 g/mol. The first kappa shape index (κ1) is 8.46. The minimum Gasteiger partial charge on any atom is -0.516 e. The smallest absolute Gasteiger partial charge is 0.0752 e. The Bertz CT molecular complexity index is 80.4. The van der Waals surface area contributed by atoms with Crippen LogP contribution in [0.15, 0.2) is 12.3 Å². The Hall–Kier alpha value is -0.540. The molecule has 54 valence electrons. The Morgan fingerprint density at radius 3 is 2.56 bits per heavy atom. The number of hydrogen-bond donors (Lipinski definition) is 3. The van der Waals surface area contributed by atoms with Gasteiger partial charge in [0, 0.05) is 6.61 Å². The van der Waals surface area contributed by atoms with E-state index in [1.165, 1.54) is 6.08 Å². The molecule has 1 unspecified atom stereocenters. The van der Waals surface area contributed by atoms with Gasteiger partial charge in [-0.2, -0.15) is 0 Å². The molecule has 0 radical (unpaired) electrons. The average molecular weight is 132 g/mol. The average Bonchev–Trinajstić information content (AvgIpc) is 1.85. The van der Waals surface area contributed by atoms with E-state index >= 15 is 0 Å². The van der Waals surface area contributed by atoms with Gasteiger partial charge in [0.1, 0.15) is 0 Å². The van der Waals surface area contributed by atoms with Crippen molar-refractivity contribution in [3.63, 3.8) is 0 Å². The van der Waals surface area contributed by atoms with Gasteiger partial charge >= 0.3 is 0 Å². The van der Waals surface area contributed by atoms with E-state index in [-0.39, 0.29) is 6.61 Å². The molecule has 0 spiro atoms. The molecule has 9 heavy (non-hydrogen) atoms. The summed E-state index contributed by atoms with van der Waals surface area (Å²) >= 11 is 0. The fraction of sp³-hybridized carbons (Fsp3) is 0.667. The van der Waals surface area contributed by atoms with Crippen molar-refractivity contribution in [2.24, 2.45) is 0 Å². The summed E-state index contributed by atoms with van der Waals surface area (Å²) in [6, 6.07) is 0. The van der Waals surface area contributed by atoms with Gasteiger partial charge in [-0.3, -0.25) is 0 Å². The summed E-state index contributed by atoms with van der Waals surface area (Å²) in [6.45, 7) is -0.0135. The van der Waals surface area contributed by atoms with Gasteiger partial charge in [0.25, 0.3) is 0 Å². The summed E-state index contributed by atoms with van der Waals surface area (Å²) in [6.07, 6.45) is 2.57. The van der Waals surface area contributed by atoms with E-state index in [2.05, 4.69) is 0 Å². The second kappa shape index (κ2) is 5.59. The van der Waals surface area contributed by atoms with Crippen LogP contribution in [0.3, 0.4) is 0 Å². The predicted octanol–water partition coefficient (Wildman–Crippen LogP) is 0.191. The molecular formula is C6H12O3. The molecule has 0 rings (SSSR count). The molecule has 0 aromatic heterocycles. The number of rotatable bonds is 4. The minimum atomic E-state index is -0.529. The van der Waals surface area contributed by atoms with E-state index in [9.17, 15) is 0 Å². The highest BCUT2D eigenvalue weighted by atomic mass is 16.3. The summed E-state index contributed by atoms with van der Waals surface area (Å²) in [5.41, 5.74) is 0. The van der Waals surface area contributed by atoms with Gasteiger partial charge in [-0.05, 0) is 18.9 Å². The molecule has 0 saturated carbocycles. The van der Waals surface area contributed by atoms with Crippen LogP contribution >= 0.6 is 0 Å². The Labute approximate surface area is 54.3 Å². The summed E-state index contributed by atoms with van der Waals surface area (Å²) in [5.74, 6) is 0. The molecule has 0 amide bonds. The first-order valence-corrected chi connectivity index (χ1v) is 2.89. The van der Waals surface area contributed by atoms with Gasteiger partial charge in [0.2, 0.25) is 0 Å². The van der Waals surface area contributed by atoms with E-state index in [4.69, 9.17) is 15.3 Å². The minimum absolute atomic E-state index is 0.0135. The Morgan fingerprint density at radius 2 is 2.11 bits per heavy atom. The van der Waals surface area contributed by atoms with Crippen LogP contribution < -0.4 is 0 Å². The standard InChI is InChI=1S/C6H12O3/c7-4-1-2-6(9)3-5-8/h1,4,6-9H,2-3,5H2. The fourth-order valence-corrected chi connectivity index (χ4v) is 0.485. The van der Waals surface area contributed by atoms with E-state index in [0.717, 1.165) is 6.26 Å². The van der Waals surface area contributed by atoms with Crippen molar-refractivity contribution in [3.8, 4) is 0 Å². The van der Waals surface area contributed by atoms with Crippen molar-refractivity contribution in [1.29, 1.82) is 0 Å². The van der Waals surface area contributed by atoms with Crippen LogP contribution in [0, 0.1) is 0 Å². The molecule has 0 fully saturated rings. The van der Waals surface area contributed by atoms with Crippen LogP contribution in [-0.2, 0) is 0 Å². The van der Waals surface area contributed by atoms with E-state index < -0.39 is 6.10 Å². The maximum absolute atomic E-state index is 8.86. The zero-order valence-corrected chi connectivity index (χ0v) is 5.20. The highest BCUT2D eigenvalue weighted by molar-refractivity contribution is 4.75. The quantitative estimate of drug-likeness (QED) is 0.478. The maximum atomic E-state index is 8.86. The van der Waals surface area contributed by atoms with Crippen molar-refractivity contribution in [3.05, 3.63) is 12.3 Å². The molecule has 0 saturated heterocycles. The Kier molecular flexibility index (Phi) is 5.26. The van der Waals surface area contributed by atoms with Crippen molar-refractivity contribution in [1.82, 2.24) is 0 Å². The molecule has 0 aromatic rings. The number of aliphatic hydroxyl groups is 3. The zero-order chi connectivity index (χ0) is 7.11.